The van der Waals surface area contributed by atoms with Crippen molar-refractivity contribution >= 4 is 29.5 Å². The molecule has 0 radical (unpaired) electrons. The molecule has 4 heteroatoms. The van der Waals surface area contributed by atoms with Crippen LogP contribution in [0.1, 0.15) is 18.4 Å². The SMILES string of the molecule is CN1CCC(C=O)(c2ccc(Cl)c(Cl)c2)CC1. The van der Waals surface area contributed by atoms with Gasteiger partial charge in [0.25, 0.3) is 0 Å². The highest BCUT2D eigenvalue weighted by molar-refractivity contribution is 6.42. The van der Waals surface area contributed by atoms with E-state index in [0.717, 1.165) is 37.8 Å². The predicted octanol–water partition coefficient (Wildman–Crippen LogP) is 3.16. The van der Waals surface area contributed by atoms with Gasteiger partial charge in [-0.15, -0.1) is 0 Å². The van der Waals surface area contributed by atoms with Gasteiger partial charge in [-0.25, -0.2) is 0 Å². The van der Waals surface area contributed by atoms with Gasteiger partial charge in [0.15, 0.2) is 0 Å². The Kier molecular flexibility index (Phi) is 3.76. The average molecular weight is 272 g/mol. The van der Waals surface area contributed by atoms with Crippen LogP contribution in [0.25, 0.3) is 0 Å². The summed E-state index contributed by atoms with van der Waals surface area (Å²) < 4.78 is 0. The normalized spacial score (nSPS) is 20.2. The molecule has 0 amide bonds. The van der Waals surface area contributed by atoms with Crippen LogP contribution in [0.2, 0.25) is 10.0 Å². The molecule has 1 saturated heterocycles. The van der Waals surface area contributed by atoms with Crippen molar-refractivity contribution in [2.75, 3.05) is 20.1 Å². The van der Waals surface area contributed by atoms with Crippen LogP contribution in [0.15, 0.2) is 18.2 Å². The van der Waals surface area contributed by atoms with Crippen LogP contribution >= 0.6 is 23.2 Å². The van der Waals surface area contributed by atoms with Gasteiger partial charge in [0, 0.05) is 0 Å². The van der Waals surface area contributed by atoms with Gasteiger partial charge in [-0.05, 0) is 50.7 Å². The number of benzene rings is 1. The van der Waals surface area contributed by atoms with E-state index in [0.29, 0.717) is 10.0 Å². The second-order valence-corrected chi connectivity index (χ2v) is 5.52. The average Bonchev–Trinajstić information content (AvgIpc) is 2.34. The van der Waals surface area contributed by atoms with Crippen molar-refractivity contribution in [2.24, 2.45) is 0 Å². The van der Waals surface area contributed by atoms with Crippen molar-refractivity contribution in [1.82, 2.24) is 4.90 Å². The molecule has 1 aromatic carbocycles. The molecular formula is C13H15Cl2NO. The highest BCUT2D eigenvalue weighted by Crippen LogP contribution is 2.36. The highest BCUT2D eigenvalue weighted by Gasteiger charge is 2.35. The Balaban J connectivity index is 2.34. The van der Waals surface area contributed by atoms with E-state index in [1.54, 1.807) is 6.07 Å². The van der Waals surface area contributed by atoms with Gasteiger partial charge in [-0.1, -0.05) is 29.3 Å². The van der Waals surface area contributed by atoms with Crippen molar-refractivity contribution in [3.8, 4) is 0 Å². The maximum atomic E-state index is 11.5. The van der Waals surface area contributed by atoms with Crippen molar-refractivity contribution in [1.29, 1.82) is 0 Å². The first kappa shape index (κ1) is 12.9. The first-order valence-corrected chi connectivity index (χ1v) is 6.43. The zero-order valence-corrected chi connectivity index (χ0v) is 11.3. The lowest BCUT2D eigenvalue weighted by molar-refractivity contribution is -0.114. The quantitative estimate of drug-likeness (QED) is 0.771. The minimum atomic E-state index is -0.388. The third-order valence-electron chi connectivity index (χ3n) is 3.60. The van der Waals surface area contributed by atoms with Crippen LogP contribution < -0.4 is 0 Å². The number of hydrogen-bond donors (Lipinski definition) is 0. The number of nitrogens with zero attached hydrogens (tertiary/aromatic N) is 1. The topological polar surface area (TPSA) is 20.3 Å². The summed E-state index contributed by atoms with van der Waals surface area (Å²) in [5, 5.41) is 1.05. The Bertz CT molecular complexity index is 425. The molecule has 17 heavy (non-hydrogen) atoms. The fourth-order valence-corrected chi connectivity index (χ4v) is 2.60. The van der Waals surface area contributed by atoms with Crippen molar-refractivity contribution in [3.63, 3.8) is 0 Å². The molecule has 0 atom stereocenters. The lowest BCUT2D eigenvalue weighted by atomic mass is 9.74. The number of rotatable bonds is 2. The second-order valence-electron chi connectivity index (χ2n) is 4.71. The number of aldehydes is 1. The van der Waals surface area contributed by atoms with E-state index in [4.69, 9.17) is 23.2 Å². The minimum Gasteiger partial charge on any atom is -0.306 e. The molecule has 0 unspecified atom stereocenters. The van der Waals surface area contributed by atoms with Crippen LogP contribution in [0.3, 0.4) is 0 Å². The van der Waals surface area contributed by atoms with Crippen molar-refractivity contribution in [2.45, 2.75) is 18.3 Å². The summed E-state index contributed by atoms with van der Waals surface area (Å²) >= 11 is 11.9. The van der Waals surface area contributed by atoms with Gasteiger partial charge >= 0.3 is 0 Å². The summed E-state index contributed by atoms with van der Waals surface area (Å²) in [6, 6.07) is 5.50. The van der Waals surface area contributed by atoms with E-state index in [9.17, 15) is 4.79 Å². The lowest BCUT2D eigenvalue weighted by Crippen LogP contribution is -2.41. The minimum absolute atomic E-state index is 0.388. The van der Waals surface area contributed by atoms with Gasteiger partial charge in [0.2, 0.25) is 0 Å². The molecule has 92 valence electrons. The van der Waals surface area contributed by atoms with Crippen LogP contribution in [-0.4, -0.2) is 31.3 Å². The Morgan fingerprint density at radius 2 is 1.88 bits per heavy atom. The van der Waals surface area contributed by atoms with E-state index in [2.05, 4.69) is 11.9 Å². The van der Waals surface area contributed by atoms with Crippen LogP contribution in [0.5, 0.6) is 0 Å². The molecule has 1 aliphatic rings. The second kappa shape index (κ2) is 4.97. The van der Waals surface area contributed by atoms with Crippen molar-refractivity contribution < 1.29 is 4.79 Å². The Morgan fingerprint density at radius 1 is 1.24 bits per heavy atom. The third kappa shape index (κ3) is 2.49. The maximum Gasteiger partial charge on any atom is 0.130 e. The fraction of sp³-hybridized carbons (Fsp3) is 0.462. The summed E-state index contributed by atoms with van der Waals surface area (Å²) in [5.41, 5.74) is 0.593. The number of likely N-dealkylation sites (tertiary alicyclic amines) is 1. The van der Waals surface area contributed by atoms with E-state index >= 15 is 0 Å². The van der Waals surface area contributed by atoms with Gasteiger partial charge in [-0.2, -0.15) is 0 Å². The fourth-order valence-electron chi connectivity index (χ4n) is 2.30. The summed E-state index contributed by atoms with van der Waals surface area (Å²) in [7, 11) is 2.07. The number of carbonyl (C=O) groups excluding carboxylic acids is 1. The standard InChI is InChI=1S/C13H15Cl2NO/c1-16-6-4-13(9-17,5-7-16)10-2-3-11(14)12(15)8-10/h2-3,8-9H,4-7H2,1H3. The van der Waals surface area contributed by atoms with E-state index in [1.165, 1.54) is 0 Å². The molecule has 1 fully saturated rings. The maximum absolute atomic E-state index is 11.5. The molecule has 0 bridgehead atoms. The van der Waals surface area contributed by atoms with E-state index in [1.807, 2.05) is 12.1 Å². The molecule has 0 aliphatic carbocycles. The van der Waals surface area contributed by atoms with E-state index < -0.39 is 0 Å². The van der Waals surface area contributed by atoms with Crippen molar-refractivity contribution in [3.05, 3.63) is 33.8 Å². The van der Waals surface area contributed by atoms with E-state index in [-0.39, 0.29) is 5.41 Å². The predicted molar refractivity (Wildman–Crippen MR) is 70.9 cm³/mol. The third-order valence-corrected chi connectivity index (χ3v) is 4.34. The number of halogens is 2. The monoisotopic (exact) mass is 271 g/mol. The summed E-state index contributed by atoms with van der Waals surface area (Å²) in [5.74, 6) is 0. The zero-order chi connectivity index (χ0) is 12.5. The molecule has 0 N–H and O–H groups in total. The van der Waals surface area contributed by atoms with Crippen LogP contribution in [0.4, 0.5) is 0 Å². The number of hydrogen-bond acceptors (Lipinski definition) is 2. The lowest BCUT2D eigenvalue weighted by Gasteiger charge is -2.37. The first-order valence-electron chi connectivity index (χ1n) is 5.68. The largest absolute Gasteiger partial charge is 0.306 e. The number of carbonyl (C=O) groups is 1. The number of piperidine rings is 1. The molecule has 0 spiro atoms. The zero-order valence-electron chi connectivity index (χ0n) is 9.75. The van der Waals surface area contributed by atoms with Gasteiger partial charge in [0.1, 0.15) is 6.29 Å². The molecule has 2 rings (SSSR count). The molecule has 1 aromatic rings. The molecule has 1 heterocycles. The van der Waals surface area contributed by atoms with Gasteiger partial charge in [0.05, 0.1) is 15.5 Å². The van der Waals surface area contributed by atoms with Crippen LogP contribution in [-0.2, 0) is 10.2 Å². The molecular weight excluding hydrogens is 257 g/mol. The summed E-state index contributed by atoms with van der Waals surface area (Å²) in [6.07, 6.45) is 2.75. The highest BCUT2D eigenvalue weighted by atomic mass is 35.5. The first-order chi connectivity index (χ1) is 8.07. The smallest absolute Gasteiger partial charge is 0.130 e. The van der Waals surface area contributed by atoms with Gasteiger partial charge < -0.3 is 9.69 Å². The molecule has 1 aliphatic heterocycles. The van der Waals surface area contributed by atoms with Crippen LogP contribution in [0, 0.1) is 0 Å². The Hall–Kier alpha value is -0.570. The summed E-state index contributed by atoms with van der Waals surface area (Å²) in [4.78, 5) is 13.7. The molecule has 2 nitrogen and oxygen atoms in total. The molecule has 0 aromatic heterocycles. The Labute approximate surface area is 112 Å². The van der Waals surface area contributed by atoms with Gasteiger partial charge in [-0.3, -0.25) is 0 Å². The molecule has 0 saturated carbocycles. The Morgan fingerprint density at radius 3 is 2.41 bits per heavy atom. The summed E-state index contributed by atoms with van der Waals surface area (Å²) in [6.45, 7) is 1.86.